The Morgan fingerprint density at radius 1 is 1.19 bits per heavy atom. The number of nitrogens with zero attached hydrogens (tertiary/aromatic N) is 4. The minimum absolute atomic E-state index is 0.179. The lowest BCUT2D eigenvalue weighted by molar-refractivity contribution is -0.113. The molecule has 3 rings (SSSR count). The van der Waals surface area contributed by atoms with E-state index in [4.69, 9.17) is 9.47 Å². The molecule has 0 aliphatic heterocycles. The number of carbonyl (C=O) groups excluding carboxylic acids is 1. The zero-order valence-electron chi connectivity index (χ0n) is 14.7. The molecule has 0 saturated heterocycles. The maximum absolute atomic E-state index is 12.4. The second kappa shape index (κ2) is 7.96. The first-order valence-corrected chi connectivity index (χ1v) is 8.81. The van der Waals surface area contributed by atoms with Crippen molar-refractivity contribution in [2.75, 3.05) is 25.3 Å². The molecule has 1 amide bonds. The van der Waals surface area contributed by atoms with Crippen LogP contribution in [-0.4, -0.2) is 45.4 Å². The van der Waals surface area contributed by atoms with E-state index in [1.807, 2.05) is 40.8 Å². The Balaban J connectivity index is 1.69. The maximum atomic E-state index is 12.4. The third-order valence-electron chi connectivity index (χ3n) is 3.60. The Morgan fingerprint density at radius 3 is 2.65 bits per heavy atom. The number of aromatic nitrogens is 4. The van der Waals surface area contributed by atoms with Gasteiger partial charge < -0.3 is 14.8 Å². The van der Waals surface area contributed by atoms with E-state index in [-0.39, 0.29) is 11.7 Å². The zero-order chi connectivity index (χ0) is 18.5. The molecule has 3 aromatic rings. The molecule has 0 fully saturated rings. The third-order valence-corrected chi connectivity index (χ3v) is 4.52. The van der Waals surface area contributed by atoms with Crippen molar-refractivity contribution < 1.29 is 14.3 Å². The van der Waals surface area contributed by atoms with Crippen LogP contribution >= 0.6 is 11.8 Å². The fraction of sp³-hybridized carbons (Fsp3) is 0.235. The van der Waals surface area contributed by atoms with Crippen LogP contribution in [0, 0.1) is 6.92 Å². The van der Waals surface area contributed by atoms with Crippen molar-refractivity contribution in [3.63, 3.8) is 0 Å². The van der Waals surface area contributed by atoms with Crippen LogP contribution in [0.1, 0.15) is 5.82 Å². The predicted octanol–water partition coefficient (Wildman–Crippen LogP) is 2.45. The molecule has 2 aromatic heterocycles. The van der Waals surface area contributed by atoms with Crippen LogP contribution in [0.5, 0.6) is 11.5 Å². The average molecular weight is 373 g/mol. The summed E-state index contributed by atoms with van der Waals surface area (Å²) in [5, 5.41) is 11.7. The van der Waals surface area contributed by atoms with E-state index >= 15 is 0 Å². The van der Waals surface area contributed by atoms with Gasteiger partial charge >= 0.3 is 0 Å². The van der Waals surface area contributed by atoms with E-state index in [9.17, 15) is 4.79 Å². The van der Waals surface area contributed by atoms with Crippen LogP contribution in [0.15, 0.2) is 47.9 Å². The smallest absolute Gasteiger partial charge is 0.234 e. The van der Waals surface area contributed by atoms with Crippen LogP contribution in [0.3, 0.4) is 0 Å². The van der Waals surface area contributed by atoms with Crippen LogP contribution < -0.4 is 14.8 Å². The van der Waals surface area contributed by atoms with E-state index < -0.39 is 0 Å². The second-order valence-corrected chi connectivity index (χ2v) is 6.25. The number of hydrogen-bond acceptors (Lipinski definition) is 6. The van der Waals surface area contributed by atoms with Crippen LogP contribution in [-0.2, 0) is 4.79 Å². The Bertz CT molecular complexity index is 892. The molecule has 8 nitrogen and oxygen atoms in total. The molecule has 1 aromatic carbocycles. The molecule has 136 valence electrons. The van der Waals surface area contributed by atoms with Crippen molar-refractivity contribution in [3.05, 3.63) is 48.5 Å². The zero-order valence-corrected chi connectivity index (χ0v) is 15.5. The number of methoxy groups -OCH3 is 2. The van der Waals surface area contributed by atoms with Crippen LogP contribution in [0.4, 0.5) is 5.69 Å². The first-order valence-electron chi connectivity index (χ1n) is 7.82. The Morgan fingerprint density at radius 2 is 1.96 bits per heavy atom. The normalized spacial score (nSPS) is 10.6. The van der Waals surface area contributed by atoms with Gasteiger partial charge in [0.05, 0.1) is 25.7 Å². The lowest BCUT2D eigenvalue weighted by Gasteiger charge is -2.12. The summed E-state index contributed by atoms with van der Waals surface area (Å²) in [5.74, 6) is 1.94. The fourth-order valence-corrected chi connectivity index (χ4v) is 3.16. The molecule has 2 heterocycles. The minimum atomic E-state index is -0.179. The number of benzene rings is 1. The number of aryl methyl sites for hydroxylation is 1. The standard InChI is InChI=1S/C17H19N5O3S/c1-12-19-20-17(22(12)21-8-4-5-9-21)26-11-16(23)18-14-10-13(24-2)6-7-15(14)25-3/h4-10H,11H2,1-3H3,(H,18,23). The summed E-state index contributed by atoms with van der Waals surface area (Å²) < 4.78 is 14.2. The monoisotopic (exact) mass is 373 g/mol. The van der Waals surface area contributed by atoms with Gasteiger partial charge in [0, 0.05) is 18.5 Å². The lowest BCUT2D eigenvalue weighted by atomic mass is 10.2. The maximum Gasteiger partial charge on any atom is 0.234 e. The molecule has 1 N–H and O–H groups in total. The number of amides is 1. The quantitative estimate of drug-likeness (QED) is 0.641. The largest absolute Gasteiger partial charge is 0.497 e. The van der Waals surface area contributed by atoms with Crippen molar-refractivity contribution in [2.45, 2.75) is 12.1 Å². The molecule has 0 atom stereocenters. The number of rotatable bonds is 7. The molecular formula is C17H19N5O3S. The number of thioether (sulfide) groups is 1. The van der Waals surface area contributed by atoms with Gasteiger partial charge in [-0.1, -0.05) is 11.8 Å². The number of anilines is 1. The van der Waals surface area contributed by atoms with Crippen molar-refractivity contribution in [3.8, 4) is 11.5 Å². The molecule has 0 aliphatic carbocycles. The summed E-state index contributed by atoms with van der Waals surface area (Å²) in [4.78, 5) is 12.4. The van der Waals surface area contributed by atoms with Crippen LogP contribution in [0.25, 0.3) is 0 Å². The van der Waals surface area contributed by atoms with Gasteiger partial charge in [0.2, 0.25) is 11.1 Å². The predicted molar refractivity (Wildman–Crippen MR) is 98.9 cm³/mol. The molecule has 0 spiro atoms. The first kappa shape index (κ1) is 17.9. The summed E-state index contributed by atoms with van der Waals surface area (Å²) >= 11 is 1.30. The summed E-state index contributed by atoms with van der Waals surface area (Å²) in [5.41, 5.74) is 0.556. The SMILES string of the molecule is COc1ccc(OC)c(NC(=O)CSc2nnc(C)n2-n2cccc2)c1. The number of carbonyl (C=O) groups is 1. The summed E-state index contributed by atoms with van der Waals surface area (Å²) in [6.45, 7) is 1.86. The van der Waals surface area contributed by atoms with Gasteiger partial charge in [0.25, 0.3) is 0 Å². The Hall–Kier alpha value is -2.94. The molecule has 0 aliphatic rings. The highest BCUT2D eigenvalue weighted by atomic mass is 32.2. The topological polar surface area (TPSA) is 83.2 Å². The highest BCUT2D eigenvalue weighted by Gasteiger charge is 2.14. The fourth-order valence-electron chi connectivity index (χ4n) is 2.38. The first-order chi connectivity index (χ1) is 12.6. The van der Waals surface area contributed by atoms with E-state index in [2.05, 4.69) is 15.5 Å². The molecule has 0 radical (unpaired) electrons. The van der Waals surface area contributed by atoms with Gasteiger partial charge in [-0.05, 0) is 31.2 Å². The molecule has 0 unspecified atom stereocenters. The van der Waals surface area contributed by atoms with Gasteiger partial charge in [0.1, 0.15) is 11.5 Å². The van der Waals surface area contributed by atoms with Gasteiger partial charge in [-0.2, -0.15) is 0 Å². The van der Waals surface area contributed by atoms with E-state index in [1.165, 1.54) is 11.8 Å². The van der Waals surface area contributed by atoms with Crippen molar-refractivity contribution in [1.29, 1.82) is 0 Å². The molecule has 9 heteroatoms. The highest BCUT2D eigenvalue weighted by molar-refractivity contribution is 7.99. The molecule has 26 heavy (non-hydrogen) atoms. The van der Waals surface area contributed by atoms with Crippen molar-refractivity contribution in [2.24, 2.45) is 0 Å². The van der Waals surface area contributed by atoms with Gasteiger partial charge in [0.15, 0.2) is 5.82 Å². The number of hydrogen-bond donors (Lipinski definition) is 1. The van der Waals surface area contributed by atoms with Crippen LogP contribution in [0.2, 0.25) is 0 Å². The van der Waals surface area contributed by atoms with E-state index in [0.29, 0.717) is 22.3 Å². The number of ether oxygens (including phenoxy) is 2. The number of nitrogens with one attached hydrogen (secondary N) is 1. The minimum Gasteiger partial charge on any atom is -0.497 e. The second-order valence-electron chi connectivity index (χ2n) is 5.31. The Kier molecular flexibility index (Phi) is 5.47. The molecule has 0 bridgehead atoms. The Labute approximate surface area is 155 Å². The van der Waals surface area contributed by atoms with Crippen molar-refractivity contribution >= 4 is 23.4 Å². The summed E-state index contributed by atoms with van der Waals surface area (Å²) in [7, 11) is 3.12. The lowest BCUT2D eigenvalue weighted by Crippen LogP contribution is -2.16. The molecular weight excluding hydrogens is 354 g/mol. The average Bonchev–Trinajstić information content (AvgIpc) is 3.29. The van der Waals surface area contributed by atoms with Gasteiger partial charge in [-0.15, -0.1) is 10.2 Å². The van der Waals surface area contributed by atoms with Crippen molar-refractivity contribution in [1.82, 2.24) is 19.5 Å². The molecule has 0 saturated carbocycles. The summed E-state index contributed by atoms with van der Waals surface area (Å²) in [6.07, 6.45) is 3.78. The summed E-state index contributed by atoms with van der Waals surface area (Å²) in [6, 6.07) is 9.05. The van der Waals surface area contributed by atoms with Gasteiger partial charge in [-0.25, -0.2) is 4.68 Å². The third kappa shape index (κ3) is 3.83. The van der Waals surface area contributed by atoms with E-state index in [0.717, 1.165) is 5.82 Å². The van der Waals surface area contributed by atoms with Gasteiger partial charge in [-0.3, -0.25) is 9.47 Å². The highest BCUT2D eigenvalue weighted by Crippen LogP contribution is 2.29. The van der Waals surface area contributed by atoms with E-state index in [1.54, 1.807) is 32.4 Å².